The molecule has 0 unspecified atom stereocenters. The third-order valence-corrected chi connectivity index (χ3v) is 7.08. The van der Waals surface area contributed by atoms with Gasteiger partial charge in [0.1, 0.15) is 18.8 Å². The fourth-order valence-electron chi connectivity index (χ4n) is 4.70. The van der Waals surface area contributed by atoms with Gasteiger partial charge in [0, 0.05) is 28.8 Å². The largest absolute Gasteiger partial charge is 0.497 e. The Morgan fingerprint density at radius 3 is 2.70 bits per heavy atom. The van der Waals surface area contributed by atoms with Crippen molar-refractivity contribution in [1.82, 2.24) is 19.3 Å². The van der Waals surface area contributed by atoms with E-state index < -0.39 is 0 Å². The van der Waals surface area contributed by atoms with E-state index in [1.54, 1.807) is 24.1 Å². The van der Waals surface area contributed by atoms with Crippen LogP contribution >= 0.6 is 12.2 Å². The van der Waals surface area contributed by atoms with Crippen LogP contribution in [0.25, 0.3) is 22.7 Å². The highest BCUT2D eigenvalue weighted by atomic mass is 32.1. The Morgan fingerprint density at radius 1 is 1.10 bits per heavy atom. The number of hydrogen-bond donors (Lipinski definition) is 2. The summed E-state index contributed by atoms with van der Waals surface area (Å²) in [6, 6.07) is 23.7. The molecule has 3 aromatic carbocycles. The number of aromatic nitrogens is 4. The van der Waals surface area contributed by atoms with Crippen molar-refractivity contribution in [1.29, 1.82) is 0 Å². The number of carbonyl (C=O) groups excluding carboxylic acids is 1. The van der Waals surface area contributed by atoms with Gasteiger partial charge in [0.15, 0.2) is 10.6 Å². The molecule has 204 valence electrons. The highest BCUT2D eigenvalue weighted by Crippen LogP contribution is 2.26. The first-order valence-corrected chi connectivity index (χ1v) is 13.4. The average molecular weight is 554 g/mol. The zero-order valence-electron chi connectivity index (χ0n) is 22.5. The van der Waals surface area contributed by atoms with E-state index in [1.165, 1.54) is 0 Å². The Balaban J connectivity index is 1.22. The van der Waals surface area contributed by atoms with Gasteiger partial charge in [0.25, 0.3) is 0 Å². The zero-order chi connectivity index (χ0) is 27.9. The fourth-order valence-corrected chi connectivity index (χ4v) is 4.91. The second-order valence-corrected chi connectivity index (χ2v) is 9.69. The highest BCUT2D eigenvalue weighted by molar-refractivity contribution is 7.71. The first kappa shape index (κ1) is 27.1. The molecule has 0 bridgehead atoms. The van der Waals surface area contributed by atoms with E-state index in [1.807, 2.05) is 66.7 Å². The van der Waals surface area contributed by atoms with E-state index in [2.05, 4.69) is 39.1 Å². The molecule has 0 aliphatic carbocycles. The molecule has 8 nitrogen and oxygen atoms in total. The number of hydrogen-bond acceptors (Lipinski definition) is 6. The molecule has 2 heterocycles. The van der Waals surface area contributed by atoms with Gasteiger partial charge in [-0.1, -0.05) is 42.5 Å². The molecule has 9 heteroatoms. The predicted octanol–water partition coefficient (Wildman–Crippen LogP) is 6.11. The topological polar surface area (TPSA) is 86.1 Å². The van der Waals surface area contributed by atoms with Crippen LogP contribution in [0.3, 0.4) is 0 Å². The van der Waals surface area contributed by atoms with Gasteiger partial charge < -0.3 is 19.4 Å². The fraction of sp³-hybridized carbons (Fsp3) is 0.194. The highest BCUT2D eigenvalue weighted by Gasteiger charge is 2.16. The molecule has 2 aromatic heterocycles. The van der Waals surface area contributed by atoms with Gasteiger partial charge in [-0.15, -0.1) is 0 Å². The van der Waals surface area contributed by atoms with Crippen LogP contribution in [0.15, 0.2) is 85.2 Å². The third kappa shape index (κ3) is 6.22. The summed E-state index contributed by atoms with van der Waals surface area (Å²) in [4.78, 5) is 13.0. The van der Waals surface area contributed by atoms with Crippen LogP contribution in [0.5, 0.6) is 5.75 Å². The molecule has 5 rings (SSSR count). The molecule has 0 saturated carbocycles. The Bertz CT molecular complexity index is 1700. The number of allylic oxidation sites excluding steroid dienone is 1. The minimum Gasteiger partial charge on any atom is -0.497 e. The van der Waals surface area contributed by atoms with Gasteiger partial charge in [-0.05, 0) is 72.7 Å². The molecule has 0 radical (unpaired) electrons. The summed E-state index contributed by atoms with van der Waals surface area (Å²) < 4.78 is 15.7. The SMILES string of the molecule is COc1ccc(C=CC(=O)Cc2c(C)c3ccccc3n2CCOCNc2cccc(-n3cn[nH]c3=S)c2)cc1. The quantitative estimate of drug-likeness (QED) is 0.0839. The number of para-hydroxylation sites is 1. The molecular formula is C31H31N5O3S. The number of nitrogens with one attached hydrogen (secondary N) is 2. The smallest absolute Gasteiger partial charge is 0.199 e. The Hall–Kier alpha value is -4.47. The van der Waals surface area contributed by atoms with E-state index in [4.69, 9.17) is 21.7 Å². The first-order chi connectivity index (χ1) is 19.5. The van der Waals surface area contributed by atoms with Gasteiger partial charge in [0.05, 0.1) is 25.8 Å². The van der Waals surface area contributed by atoms with Crippen molar-refractivity contribution < 1.29 is 14.3 Å². The number of fused-ring (bicyclic) bond motifs is 1. The molecule has 40 heavy (non-hydrogen) atoms. The van der Waals surface area contributed by atoms with Crippen molar-refractivity contribution in [2.75, 3.05) is 25.8 Å². The standard InChI is InChI=1S/C31H31N5O3S/c1-22-28-8-3-4-9-29(28)35(30(22)19-26(37)13-10-23-11-14-27(38-2)15-12-23)16-17-39-21-32-24-6-5-7-25(18-24)36-20-33-34-31(36)40/h3-15,18,20,32H,16-17,19,21H2,1-2H3,(H,34,40). The van der Waals surface area contributed by atoms with Crippen LogP contribution in [0.2, 0.25) is 0 Å². The zero-order valence-corrected chi connectivity index (χ0v) is 23.3. The van der Waals surface area contributed by atoms with Crippen molar-refractivity contribution in [3.8, 4) is 11.4 Å². The molecule has 2 N–H and O–H groups in total. The van der Waals surface area contributed by atoms with E-state index in [-0.39, 0.29) is 5.78 Å². The number of anilines is 1. The lowest BCUT2D eigenvalue weighted by molar-refractivity contribution is -0.114. The van der Waals surface area contributed by atoms with Crippen molar-refractivity contribution in [3.05, 3.63) is 107 Å². The maximum Gasteiger partial charge on any atom is 0.199 e. The lowest BCUT2D eigenvalue weighted by Gasteiger charge is -2.13. The van der Waals surface area contributed by atoms with Gasteiger partial charge >= 0.3 is 0 Å². The summed E-state index contributed by atoms with van der Waals surface area (Å²) in [7, 11) is 1.64. The maximum absolute atomic E-state index is 13.0. The second kappa shape index (κ2) is 12.6. The molecule has 0 atom stereocenters. The number of rotatable bonds is 12. The molecule has 0 spiro atoms. The number of carbonyl (C=O) groups is 1. The van der Waals surface area contributed by atoms with Crippen molar-refractivity contribution in [3.63, 3.8) is 0 Å². The lowest BCUT2D eigenvalue weighted by Crippen LogP contribution is -2.14. The number of methoxy groups -OCH3 is 1. The Morgan fingerprint density at radius 2 is 1.93 bits per heavy atom. The number of ether oxygens (including phenoxy) is 2. The minimum atomic E-state index is 0.0446. The van der Waals surface area contributed by atoms with Gasteiger partial charge in [0.2, 0.25) is 0 Å². The monoisotopic (exact) mass is 553 g/mol. The number of aromatic amines is 1. The number of H-pyrrole nitrogens is 1. The predicted molar refractivity (Wildman–Crippen MR) is 161 cm³/mol. The van der Waals surface area contributed by atoms with Crippen molar-refractivity contribution in [2.45, 2.75) is 19.9 Å². The van der Waals surface area contributed by atoms with Gasteiger partial charge in [-0.3, -0.25) is 14.5 Å². The third-order valence-electron chi connectivity index (χ3n) is 6.79. The van der Waals surface area contributed by atoms with Crippen LogP contribution in [0, 0.1) is 11.7 Å². The lowest BCUT2D eigenvalue weighted by atomic mass is 10.1. The number of ketones is 1. The summed E-state index contributed by atoms with van der Waals surface area (Å²) in [6.45, 7) is 3.54. The van der Waals surface area contributed by atoms with Gasteiger partial charge in [-0.25, -0.2) is 0 Å². The summed E-state index contributed by atoms with van der Waals surface area (Å²) in [6.07, 6.45) is 5.45. The van der Waals surface area contributed by atoms with Crippen LogP contribution < -0.4 is 10.1 Å². The number of aryl methyl sites for hydroxylation is 1. The molecule has 0 aliphatic rings. The van der Waals surface area contributed by atoms with Crippen LogP contribution in [-0.2, 0) is 22.5 Å². The van der Waals surface area contributed by atoms with Gasteiger partial charge in [-0.2, -0.15) is 5.10 Å². The maximum atomic E-state index is 13.0. The molecule has 5 aromatic rings. The molecule has 0 aliphatic heterocycles. The summed E-state index contributed by atoms with van der Waals surface area (Å²) >= 11 is 5.26. The van der Waals surface area contributed by atoms with Crippen LogP contribution in [0.1, 0.15) is 16.8 Å². The Labute approximate surface area is 237 Å². The summed E-state index contributed by atoms with van der Waals surface area (Å²) in [5.74, 6) is 0.831. The molecule has 0 amide bonds. The number of nitrogens with zero attached hydrogens (tertiary/aromatic N) is 3. The van der Waals surface area contributed by atoms with Crippen molar-refractivity contribution in [2.24, 2.45) is 0 Å². The molecule has 0 saturated heterocycles. The first-order valence-electron chi connectivity index (χ1n) is 13.0. The second-order valence-electron chi connectivity index (χ2n) is 9.30. The van der Waals surface area contributed by atoms with E-state index >= 15 is 0 Å². The normalized spacial score (nSPS) is 11.3. The molecule has 0 fully saturated rings. The van der Waals surface area contributed by atoms with E-state index in [9.17, 15) is 4.79 Å². The summed E-state index contributed by atoms with van der Waals surface area (Å²) in [5, 5.41) is 11.2. The minimum absolute atomic E-state index is 0.0446. The number of benzene rings is 3. The van der Waals surface area contributed by atoms with E-state index in [0.29, 0.717) is 31.1 Å². The Kier molecular flexibility index (Phi) is 8.53. The molecular weight excluding hydrogens is 522 g/mol. The average Bonchev–Trinajstić information content (AvgIpc) is 3.53. The van der Waals surface area contributed by atoms with Crippen LogP contribution in [-0.4, -0.2) is 45.6 Å². The van der Waals surface area contributed by atoms with Crippen molar-refractivity contribution >= 4 is 40.7 Å². The van der Waals surface area contributed by atoms with E-state index in [0.717, 1.165) is 44.8 Å². The van der Waals surface area contributed by atoms with Crippen LogP contribution in [0.4, 0.5) is 5.69 Å². The summed E-state index contributed by atoms with van der Waals surface area (Å²) in [5.41, 5.74) is 6.00.